The van der Waals surface area contributed by atoms with Crippen LogP contribution < -0.4 is 0 Å². The molecule has 0 aliphatic rings. The number of carboxylic acids is 1. The van der Waals surface area contributed by atoms with Gasteiger partial charge >= 0.3 is 5.97 Å². The predicted octanol–water partition coefficient (Wildman–Crippen LogP) is 2.04. The Morgan fingerprint density at radius 1 is 1.50 bits per heavy atom. The van der Waals surface area contributed by atoms with Crippen LogP contribution in [0.3, 0.4) is 0 Å². The first-order valence-corrected chi connectivity index (χ1v) is 6.59. The van der Waals surface area contributed by atoms with Gasteiger partial charge in [0.2, 0.25) is 0 Å². The van der Waals surface area contributed by atoms with E-state index >= 15 is 0 Å². The first kappa shape index (κ1) is 13.7. The fraction of sp³-hybridized carbons (Fsp3) is 0.889. The summed E-state index contributed by atoms with van der Waals surface area (Å²) in [4.78, 5) is 10.7. The fourth-order valence-corrected chi connectivity index (χ4v) is 2.79. The van der Waals surface area contributed by atoms with Gasteiger partial charge in [0, 0.05) is 12.8 Å². The molecule has 0 aromatic heterocycles. The molecule has 3 atom stereocenters. The van der Waals surface area contributed by atoms with Gasteiger partial charge in [-0.2, -0.15) is 0 Å². The van der Waals surface area contributed by atoms with E-state index in [1.165, 1.54) is 0 Å². The Labute approximate surface area is 85.4 Å². The standard InChI is InChI=1S/C9H19O4P/c1-4-8(9(10)11)6-14(12)7(3)13-5-2/h7-8,14H,4-6H2,1-3H3,(H,10,11). The van der Waals surface area contributed by atoms with Crippen LogP contribution in [-0.2, 0) is 14.1 Å². The number of rotatable bonds is 7. The van der Waals surface area contributed by atoms with Crippen molar-refractivity contribution >= 4 is 13.8 Å². The molecule has 1 N–H and O–H groups in total. The van der Waals surface area contributed by atoms with Gasteiger partial charge in [-0.15, -0.1) is 0 Å². The summed E-state index contributed by atoms with van der Waals surface area (Å²) in [6.45, 7) is 5.88. The highest BCUT2D eigenvalue weighted by Crippen LogP contribution is 2.32. The van der Waals surface area contributed by atoms with E-state index < -0.39 is 19.7 Å². The number of aliphatic carboxylic acids is 1. The average Bonchev–Trinajstić information content (AvgIpc) is 2.13. The molecule has 0 fully saturated rings. The molecule has 0 aliphatic heterocycles. The molecule has 84 valence electrons. The molecule has 0 bridgehead atoms. The van der Waals surface area contributed by atoms with Gasteiger partial charge in [-0.1, -0.05) is 6.92 Å². The van der Waals surface area contributed by atoms with E-state index in [2.05, 4.69) is 0 Å². The van der Waals surface area contributed by atoms with E-state index in [1.54, 1.807) is 13.8 Å². The zero-order valence-corrected chi connectivity index (χ0v) is 9.95. The molecular formula is C9H19O4P. The number of ether oxygens (including phenoxy) is 1. The van der Waals surface area contributed by atoms with Gasteiger partial charge in [0.25, 0.3) is 0 Å². The van der Waals surface area contributed by atoms with E-state index in [4.69, 9.17) is 9.84 Å². The van der Waals surface area contributed by atoms with Crippen LogP contribution in [0.2, 0.25) is 0 Å². The quantitative estimate of drug-likeness (QED) is 0.669. The van der Waals surface area contributed by atoms with E-state index in [9.17, 15) is 9.36 Å². The Morgan fingerprint density at radius 2 is 2.07 bits per heavy atom. The largest absolute Gasteiger partial charge is 0.481 e. The van der Waals surface area contributed by atoms with Crippen LogP contribution in [0.4, 0.5) is 0 Å². The van der Waals surface area contributed by atoms with Crippen LogP contribution in [0.25, 0.3) is 0 Å². The molecule has 4 nitrogen and oxygen atoms in total. The molecule has 0 amide bonds. The number of carbonyl (C=O) groups is 1. The van der Waals surface area contributed by atoms with Crippen molar-refractivity contribution in [3.63, 3.8) is 0 Å². The Hall–Kier alpha value is -0.340. The third-order valence-corrected chi connectivity index (χ3v) is 4.13. The fourth-order valence-electron chi connectivity index (χ4n) is 1.16. The van der Waals surface area contributed by atoms with E-state index in [1.807, 2.05) is 6.92 Å². The first-order valence-electron chi connectivity index (χ1n) is 4.90. The van der Waals surface area contributed by atoms with Gasteiger partial charge in [-0.3, -0.25) is 4.79 Å². The zero-order valence-electron chi connectivity index (χ0n) is 8.95. The number of hydrogen-bond donors (Lipinski definition) is 1. The lowest BCUT2D eigenvalue weighted by Crippen LogP contribution is -2.17. The van der Waals surface area contributed by atoms with Gasteiger partial charge in [0.15, 0.2) is 0 Å². The van der Waals surface area contributed by atoms with Crippen LogP contribution >= 0.6 is 7.80 Å². The van der Waals surface area contributed by atoms with Crippen molar-refractivity contribution < 1.29 is 19.2 Å². The maximum atomic E-state index is 11.6. The van der Waals surface area contributed by atoms with Crippen molar-refractivity contribution in [1.29, 1.82) is 0 Å². The minimum absolute atomic E-state index is 0.248. The Bertz CT molecular complexity index is 205. The molecule has 0 radical (unpaired) electrons. The van der Waals surface area contributed by atoms with Crippen molar-refractivity contribution in [3.05, 3.63) is 0 Å². The molecule has 3 unspecified atom stereocenters. The number of hydrogen-bond acceptors (Lipinski definition) is 3. The molecule has 0 rings (SSSR count). The second-order valence-corrected chi connectivity index (χ2v) is 5.37. The Balaban J connectivity index is 4.08. The molecule has 0 saturated heterocycles. The van der Waals surface area contributed by atoms with Crippen molar-refractivity contribution in [2.24, 2.45) is 5.92 Å². The van der Waals surface area contributed by atoms with Crippen LogP contribution in [0.5, 0.6) is 0 Å². The lowest BCUT2D eigenvalue weighted by molar-refractivity contribution is -0.141. The van der Waals surface area contributed by atoms with Crippen molar-refractivity contribution in [2.45, 2.75) is 33.0 Å². The third kappa shape index (κ3) is 4.77. The van der Waals surface area contributed by atoms with Gasteiger partial charge in [0.05, 0.1) is 5.92 Å². The maximum Gasteiger partial charge on any atom is 0.306 e. The van der Waals surface area contributed by atoms with Gasteiger partial charge in [-0.05, 0) is 20.3 Å². The highest BCUT2D eigenvalue weighted by molar-refractivity contribution is 7.45. The minimum Gasteiger partial charge on any atom is -0.481 e. The topological polar surface area (TPSA) is 63.6 Å². The second-order valence-electron chi connectivity index (χ2n) is 3.21. The molecule has 0 spiro atoms. The second kappa shape index (κ2) is 7.02. The minimum atomic E-state index is -1.94. The highest BCUT2D eigenvalue weighted by atomic mass is 31.1. The smallest absolute Gasteiger partial charge is 0.306 e. The summed E-state index contributed by atoms with van der Waals surface area (Å²) in [6, 6.07) is 0. The van der Waals surface area contributed by atoms with Gasteiger partial charge in [-0.25, -0.2) is 0 Å². The maximum absolute atomic E-state index is 11.6. The summed E-state index contributed by atoms with van der Waals surface area (Å²) in [6.07, 6.45) is 0.766. The van der Waals surface area contributed by atoms with Crippen molar-refractivity contribution in [2.75, 3.05) is 12.8 Å². The number of carboxylic acid groups (broad SMARTS) is 1. The molecule has 0 aromatic carbocycles. The SMILES string of the molecule is CCOC(C)[PH](=O)CC(CC)C(=O)O. The van der Waals surface area contributed by atoms with Crippen LogP contribution in [0.15, 0.2) is 0 Å². The molecule has 0 aromatic rings. The zero-order chi connectivity index (χ0) is 11.1. The molecule has 14 heavy (non-hydrogen) atoms. The molecule has 0 saturated carbocycles. The lowest BCUT2D eigenvalue weighted by atomic mass is 10.1. The Kier molecular flexibility index (Phi) is 6.85. The monoisotopic (exact) mass is 222 g/mol. The highest BCUT2D eigenvalue weighted by Gasteiger charge is 2.21. The summed E-state index contributed by atoms with van der Waals surface area (Å²) in [5.74, 6) is -1.67. The predicted molar refractivity (Wildman–Crippen MR) is 56.4 cm³/mol. The third-order valence-electron chi connectivity index (χ3n) is 2.16. The summed E-state index contributed by atoms with van der Waals surface area (Å²) in [5.41, 5.74) is 0. The summed E-state index contributed by atoms with van der Waals surface area (Å²) in [7, 11) is -1.94. The average molecular weight is 222 g/mol. The van der Waals surface area contributed by atoms with Crippen LogP contribution in [-0.4, -0.2) is 29.7 Å². The van der Waals surface area contributed by atoms with Gasteiger partial charge in [0.1, 0.15) is 13.6 Å². The van der Waals surface area contributed by atoms with Crippen LogP contribution in [0.1, 0.15) is 27.2 Å². The normalized spacial score (nSPS) is 17.4. The summed E-state index contributed by atoms with van der Waals surface area (Å²) >= 11 is 0. The Morgan fingerprint density at radius 3 is 2.43 bits per heavy atom. The molecule has 5 heteroatoms. The van der Waals surface area contributed by atoms with E-state index in [-0.39, 0.29) is 12.0 Å². The molecule has 0 aliphatic carbocycles. The lowest BCUT2D eigenvalue weighted by Gasteiger charge is -2.14. The van der Waals surface area contributed by atoms with Crippen molar-refractivity contribution in [3.8, 4) is 0 Å². The molecule has 0 heterocycles. The van der Waals surface area contributed by atoms with E-state index in [0.717, 1.165) is 0 Å². The van der Waals surface area contributed by atoms with E-state index in [0.29, 0.717) is 13.0 Å². The molecular weight excluding hydrogens is 203 g/mol. The summed E-state index contributed by atoms with van der Waals surface area (Å²) < 4.78 is 16.8. The van der Waals surface area contributed by atoms with Gasteiger partial charge < -0.3 is 14.4 Å². The first-order chi connectivity index (χ1) is 6.52. The van der Waals surface area contributed by atoms with Crippen molar-refractivity contribution in [1.82, 2.24) is 0 Å². The summed E-state index contributed by atoms with van der Waals surface area (Å²) in [5, 5.41) is 8.77. The van der Waals surface area contributed by atoms with Crippen LogP contribution in [0, 0.1) is 5.92 Å².